The number of hydrazine groups is 1. The second-order valence-electron chi connectivity index (χ2n) is 9.33. The van der Waals surface area contributed by atoms with Crippen LogP contribution in [0.3, 0.4) is 0 Å². The maximum absolute atomic E-state index is 15.1. The largest absolute Gasteiger partial charge is 0.442 e. The zero-order valence-electron chi connectivity index (χ0n) is 20.5. The van der Waals surface area contributed by atoms with Gasteiger partial charge in [0, 0.05) is 65.4 Å². The number of cyclic esters (lactones) is 1. The summed E-state index contributed by atoms with van der Waals surface area (Å²) in [5.74, 6) is -1.88. The fraction of sp³-hybridized carbons (Fsp3) is 0.652. The van der Waals surface area contributed by atoms with Crippen molar-refractivity contribution in [3.05, 3.63) is 24.0 Å². The second-order valence-corrected chi connectivity index (χ2v) is 9.33. The third kappa shape index (κ3) is 6.78. The SMILES string of the molecule is CN1CCN(CCN2CCN(c3ccc(N4CC(CNC(=O)C(F)F)OC4=O)cc3F)CCN2)CC1. The molecule has 3 heterocycles. The van der Waals surface area contributed by atoms with Gasteiger partial charge >= 0.3 is 12.5 Å². The number of carbonyl (C=O) groups excluding carboxylic acids is 2. The molecule has 0 aliphatic carbocycles. The van der Waals surface area contributed by atoms with E-state index in [1.807, 2.05) is 10.2 Å². The molecule has 0 saturated carbocycles. The second kappa shape index (κ2) is 12.1. The Bertz CT molecular complexity index is 917. The first-order chi connectivity index (χ1) is 17.3. The Morgan fingerprint density at radius 3 is 2.64 bits per heavy atom. The molecule has 3 aliphatic rings. The molecule has 2 N–H and O–H groups in total. The molecule has 4 rings (SSSR count). The minimum Gasteiger partial charge on any atom is -0.442 e. The Hall–Kier alpha value is -2.61. The van der Waals surface area contributed by atoms with Crippen LogP contribution in [0.1, 0.15) is 0 Å². The number of halogens is 3. The van der Waals surface area contributed by atoms with E-state index in [0.717, 1.165) is 45.8 Å². The summed E-state index contributed by atoms with van der Waals surface area (Å²) >= 11 is 0. The van der Waals surface area contributed by atoms with Crippen LogP contribution < -0.4 is 20.5 Å². The van der Waals surface area contributed by atoms with Crippen LogP contribution in [0.25, 0.3) is 0 Å². The van der Waals surface area contributed by atoms with Crippen LogP contribution >= 0.6 is 0 Å². The van der Waals surface area contributed by atoms with Crippen molar-refractivity contribution in [2.45, 2.75) is 12.5 Å². The van der Waals surface area contributed by atoms with E-state index in [2.05, 4.69) is 27.3 Å². The van der Waals surface area contributed by atoms with Crippen molar-refractivity contribution in [3.8, 4) is 0 Å². The van der Waals surface area contributed by atoms with E-state index in [-0.39, 0.29) is 13.1 Å². The number of piperazine rings is 1. The first-order valence-electron chi connectivity index (χ1n) is 12.3. The number of alkyl halides is 2. The highest BCUT2D eigenvalue weighted by Gasteiger charge is 2.33. The van der Waals surface area contributed by atoms with Crippen molar-refractivity contribution in [1.82, 2.24) is 25.6 Å². The predicted molar refractivity (Wildman–Crippen MR) is 129 cm³/mol. The first-order valence-corrected chi connectivity index (χ1v) is 12.3. The van der Waals surface area contributed by atoms with E-state index in [1.54, 1.807) is 12.1 Å². The van der Waals surface area contributed by atoms with E-state index in [9.17, 15) is 18.4 Å². The molecule has 1 aromatic carbocycles. The summed E-state index contributed by atoms with van der Waals surface area (Å²) in [6.45, 7) is 8.72. The summed E-state index contributed by atoms with van der Waals surface area (Å²) in [7, 11) is 2.14. The molecule has 0 radical (unpaired) electrons. The van der Waals surface area contributed by atoms with Gasteiger partial charge in [0.15, 0.2) is 0 Å². The van der Waals surface area contributed by atoms with Crippen molar-refractivity contribution < 1.29 is 27.5 Å². The number of anilines is 2. The smallest absolute Gasteiger partial charge is 0.414 e. The van der Waals surface area contributed by atoms with Gasteiger partial charge in [-0.05, 0) is 25.2 Å². The van der Waals surface area contributed by atoms with Crippen molar-refractivity contribution in [2.24, 2.45) is 0 Å². The van der Waals surface area contributed by atoms with Crippen molar-refractivity contribution >= 4 is 23.4 Å². The number of amides is 2. The van der Waals surface area contributed by atoms with Gasteiger partial charge in [0.1, 0.15) is 11.9 Å². The number of nitrogens with zero attached hydrogens (tertiary/aromatic N) is 5. The minimum absolute atomic E-state index is 0.0248. The minimum atomic E-state index is -3.14. The fourth-order valence-electron chi connectivity index (χ4n) is 4.59. The van der Waals surface area contributed by atoms with Crippen LogP contribution in [0.4, 0.5) is 29.3 Å². The van der Waals surface area contributed by atoms with Crippen LogP contribution in [-0.2, 0) is 9.53 Å². The summed E-state index contributed by atoms with van der Waals surface area (Å²) < 4.78 is 44.9. The Kier molecular flexibility index (Phi) is 8.88. The predicted octanol–water partition coefficient (Wildman–Crippen LogP) is 0.406. The number of rotatable bonds is 8. The van der Waals surface area contributed by atoms with Gasteiger partial charge in [0.05, 0.1) is 24.5 Å². The highest BCUT2D eigenvalue weighted by molar-refractivity contribution is 5.90. The molecule has 1 aromatic rings. The lowest BCUT2D eigenvalue weighted by molar-refractivity contribution is -0.132. The molecule has 3 fully saturated rings. The third-order valence-corrected chi connectivity index (χ3v) is 6.80. The fourth-order valence-corrected chi connectivity index (χ4v) is 4.59. The lowest BCUT2D eigenvalue weighted by Crippen LogP contribution is -2.49. The number of nitrogens with one attached hydrogen (secondary N) is 2. The highest BCUT2D eigenvalue weighted by Crippen LogP contribution is 2.28. The zero-order valence-corrected chi connectivity index (χ0v) is 20.5. The zero-order chi connectivity index (χ0) is 25.7. The molecule has 1 unspecified atom stereocenters. The first kappa shape index (κ1) is 26.5. The summed E-state index contributed by atoms with van der Waals surface area (Å²) in [6.07, 6.45) is -4.65. The molecule has 13 heteroatoms. The van der Waals surface area contributed by atoms with Crippen molar-refractivity contribution in [3.63, 3.8) is 0 Å². The topological polar surface area (TPSA) is 83.6 Å². The van der Waals surface area contributed by atoms with Crippen LogP contribution in [-0.4, -0.2) is 125 Å². The Labute approximate surface area is 208 Å². The maximum atomic E-state index is 15.1. The molecule has 36 heavy (non-hydrogen) atoms. The van der Waals surface area contributed by atoms with Gasteiger partial charge < -0.3 is 19.9 Å². The van der Waals surface area contributed by atoms with E-state index in [1.165, 1.54) is 11.0 Å². The number of benzene rings is 1. The number of carbonyl (C=O) groups is 2. The van der Waals surface area contributed by atoms with Crippen LogP contribution in [0.2, 0.25) is 0 Å². The van der Waals surface area contributed by atoms with Crippen molar-refractivity contribution in [2.75, 3.05) is 95.4 Å². The van der Waals surface area contributed by atoms with Gasteiger partial charge in [-0.3, -0.25) is 20.0 Å². The van der Waals surface area contributed by atoms with E-state index in [0.29, 0.717) is 31.0 Å². The Morgan fingerprint density at radius 2 is 1.92 bits per heavy atom. The molecule has 1 atom stereocenters. The molecular weight excluding hydrogens is 479 g/mol. The summed E-state index contributed by atoms with van der Waals surface area (Å²) in [5, 5.41) is 4.22. The molecular formula is C23H34F3N7O3. The summed E-state index contributed by atoms with van der Waals surface area (Å²) in [6, 6.07) is 4.56. The molecule has 10 nitrogen and oxygen atoms in total. The van der Waals surface area contributed by atoms with Gasteiger partial charge in [-0.25, -0.2) is 14.2 Å². The quantitative estimate of drug-likeness (QED) is 0.517. The summed E-state index contributed by atoms with van der Waals surface area (Å²) in [4.78, 5) is 31.3. The third-order valence-electron chi connectivity index (χ3n) is 6.80. The lowest BCUT2D eigenvalue weighted by atomic mass is 10.2. The van der Waals surface area contributed by atoms with Gasteiger partial charge in [-0.1, -0.05) is 0 Å². The molecule has 0 spiro atoms. The van der Waals surface area contributed by atoms with Crippen LogP contribution in [0.15, 0.2) is 18.2 Å². The standard InChI is InChI=1S/C23H34F3N7O3/c1-29-6-8-30(9-7-29)10-12-32-13-11-31(5-4-28-32)20-3-2-17(14-19(20)24)33-16-18(36-23(33)35)15-27-22(34)21(25)26/h2-3,14,18,21,28H,4-13,15-16H2,1H3,(H,27,34). The molecule has 0 aromatic heterocycles. The average molecular weight is 514 g/mol. The van der Waals surface area contributed by atoms with E-state index in [4.69, 9.17) is 4.74 Å². The normalized spacial score (nSPS) is 22.7. The number of hydrogen-bond donors (Lipinski definition) is 2. The number of ether oxygens (including phenoxy) is 1. The maximum Gasteiger partial charge on any atom is 0.414 e. The van der Waals surface area contributed by atoms with Gasteiger partial charge in [-0.15, -0.1) is 0 Å². The molecule has 200 valence electrons. The molecule has 2 amide bonds. The Morgan fingerprint density at radius 1 is 1.14 bits per heavy atom. The van der Waals surface area contributed by atoms with Crippen molar-refractivity contribution in [1.29, 1.82) is 0 Å². The Balaban J connectivity index is 1.28. The molecule has 3 saturated heterocycles. The van der Waals surface area contributed by atoms with Crippen LogP contribution in [0.5, 0.6) is 0 Å². The van der Waals surface area contributed by atoms with Gasteiger partial charge in [0.25, 0.3) is 5.91 Å². The van der Waals surface area contributed by atoms with E-state index < -0.39 is 30.3 Å². The van der Waals surface area contributed by atoms with Crippen LogP contribution in [0, 0.1) is 5.82 Å². The average Bonchev–Trinajstić information content (AvgIpc) is 3.07. The monoisotopic (exact) mass is 513 g/mol. The number of likely N-dealkylation sites (N-methyl/N-ethyl adjacent to an activating group) is 1. The number of hydrogen-bond acceptors (Lipinski definition) is 8. The highest BCUT2D eigenvalue weighted by atomic mass is 19.3. The van der Waals surface area contributed by atoms with Gasteiger partial charge in [0.2, 0.25) is 0 Å². The molecule has 3 aliphatic heterocycles. The lowest BCUT2D eigenvalue weighted by Gasteiger charge is -2.33. The van der Waals surface area contributed by atoms with Gasteiger partial charge in [-0.2, -0.15) is 8.78 Å². The summed E-state index contributed by atoms with van der Waals surface area (Å²) in [5.41, 5.74) is 4.19. The molecule has 0 bridgehead atoms. The van der Waals surface area contributed by atoms with E-state index >= 15 is 4.39 Å².